The van der Waals surface area contributed by atoms with Crippen LogP contribution in [0.5, 0.6) is 0 Å². The maximum atomic E-state index is 13.3. The molecular formula is C13H15FN2O3. The van der Waals surface area contributed by atoms with Gasteiger partial charge in [-0.05, 0) is 31.0 Å². The summed E-state index contributed by atoms with van der Waals surface area (Å²) in [5.41, 5.74) is 0.712. The Labute approximate surface area is 110 Å². The van der Waals surface area contributed by atoms with Crippen molar-refractivity contribution in [3.8, 4) is 0 Å². The zero-order valence-corrected chi connectivity index (χ0v) is 10.4. The molecule has 1 aromatic carbocycles. The smallest absolute Gasteiger partial charge is 0.326 e. The van der Waals surface area contributed by atoms with Gasteiger partial charge in [0.15, 0.2) is 0 Å². The van der Waals surface area contributed by atoms with Crippen molar-refractivity contribution >= 4 is 17.7 Å². The van der Waals surface area contributed by atoms with Crippen LogP contribution in [-0.4, -0.2) is 23.1 Å². The minimum atomic E-state index is -1.16. The van der Waals surface area contributed by atoms with E-state index in [4.69, 9.17) is 5.11 Å². The topological polar surface area (TPSA) is 78.4 Å². The zero-order chi connectivity index (χ0) is 14.4. The molecule has 1 aromatic rings. The summed E-state index contributed by atoms with van der Waals surface area (Å²) in [6.07, 6.45) is 1.50. The van der Waals surface area contributed by atoms with Crippen molar-refractivity contribution in [3.63, 3.8) is 0 Å². The van der Waals surface area contributed by atoms with E-state index in [9.17, 15) is 14.0 Å². The van der Waals surface area contributed by atoms with Gasteiger partial charge in [0.05, 0.1) is 0 Å². The Hall–Kier alpha value is -2.37. The van der Waals surface area contributed by atoms with E-state index in [2.05, 4.69) is 17.2 Å². The molecule has 6 heteroatoms. The molecule has 2 amide bonds. The van der Waals surface area contributed by atoms with E-state index in [1.165, 1.54) is 18.2 Å². The molecule has 0 fully saturated rings. The highest BCUT2D eigenvalue weighted by molar-refractivity contribution is 5.92. The number of hydrogen-bond donors (Lipinski definition) is 3. The number of carboxylic acids is 1. The first-order valence-electron chi connectivity index (χ1n) is 5.61. The molecule has 0 saturated carbocycles. The molecule has 0 aliphatic rings. The Morgan fingerprint density at radius 1 is 1.53 bits per heavy atom. The second-order valence-corrected chi connectivity index (χ2v) is 3.98. The fourth-order valence-corrected chi connectivity index (χ4v) is 1.38. The summed E-state index contributed by atoms with van der Waals surface area (Å²) in [4.78, 5) is 22.4. The van der Waals surface area contributed by atoms with E-state index in [0.29, 0.717) is 5.56 Å². The molecular weight excluding hydrogens is 251 g/mol. The monoisotopic (exact) mass is 266 g/mol. The summed E-state index contributed by atoms with van der Waals surface area (Å²) in [6, 6.07) is 2.44. The summed E-state index contributed by atoms with van der Waals surface area (Å²) in [5, 5.41) is 13.5. The predicted molar refractivity (Wildman–Crippen MR) is 69.5 cm³/mol. The lowest BCUT2D eigenvalue weighted by atomic mass is 10.2. The van der Waals surface area contributed by atoms with Crippen LogP contribution in [0.1, 0.15) is 12.0 Å². The number of halogens is 1. The number of hydrogen-bond acceptors (Lipinski definition) is 2. The van der Waals surface area contributed by atoms with Gasteiger partial charge in [-0.2, -0.15) is 0 Å². The first-order valence-corrected chi connectivity index (χ1v) is 5.61. The second kappa shape index (κ2) is 6.53. The molecule has 0 bridgehead atoms. The van der Waals surface area contributed by atoms with E-state index in [1.54, 1.807) is 6.92 Å². The van der Waals surface area contributed by atoms with Crippen molar-refractivity contribution in [1.29, 1.82) is 0 Å². The van der Waals surface area contributed by atoms with Gasteiger partial charge in [0.1, 0.15) is 11.9 Å². The third kappa shape index (κ3) is 4.42. The van der Waals surface area contributed by atoms with Gasteiger partial charge in [-0.15, -0.1) is 6.58 Å². The molecule has 102 valence electrons. The van der Waals surface area contributed by atoms with Crippen LogP contribution in [0.15, 0.2) is 30.9 Å². The van der Waals surface area contributed by atoms with Crippen molar-refractivity contribution in [2.45, 2.75) is 19.4 Å². The number of carbonyl (C=O) groups excluding carboxylic acids is 1. The number of rotatable bonds is 5. The minimum absolute atomic E-state index is 0.102. The normalized spacial score (nSPS) is 11.5. The highest BCUT2D eigenvalue weighted by Crippen LogP contribution is 2.13. The van der Waals surface area contributed by atoms with Crippen LogP contribution in [0.2, 0.25) is 0 Å². The first kappa shape index (κ1) is 14.7. The van der Waals surface area contributed by atoms with E-state index < -0.39 is 23.9 Å². The molecule has 0 spiro atoms. The third-order valence-corrected chi connectivity index (χ3v) is 2.44. The molecule has 3 N–H and O–H groups in total. The number of amides is 2. The van der Waals surface area contributed by atoms with Crippen molar-refractivity contribution in [2.75, 3.05) is 5.32 Å². The van der Waals surface area contributed by atoms with Crippen molar-refractivity contribution in [2.24, 2.45) is 0 Å². The second-order valence-electron chi connectivity index (χ2n) is 3.98. The van der Waals surface area contributed by atoms with E-state index in [-0.39, 0.29) is 12.1 Å². The number of carbonyl (C=O) groups is 2. The SMILES string of the molecule is C=CCC(NC(=O)Nc1ccc(C)c(F)c1)C(=O)O. The average Bonchev–Trinajstić information content (AvgIpc) is 2.33. The molecule has 19 heavy (non-hydrogen) atoms. The van der Waals surface area contributed by atoms with Gasteiger partial charge < -0.3 is 15.7 Å². The van der Waals surface area contributed by atoms with Gasteiger partial charge in [-0.25, -0.2) is 14.0 Å². The summed E-state index contributed by atoms with van der Waals surface area (Å²) in [6.45, 7) is 5.01. The van der Waals surface area contributed by atoms with Crippen LogP contribution in [0.4, 0.5) is 14.9 Å². The zero-order valence-electron chi connectivity index (χ0n) is 10.4. The van der Waals surface area contributed by atoms with Gasteiger partial charge >= 0.3 is 12.0 Å². The van der Waals surface area contributed by atoms with Crippen LogP contribution in [0.3, 0.4) is 0 Å². The Balaban J connectivity index is 2.65. The molecule has 0 saturated heterocycles. The van der Waals surface area contributed by atoms with Crippen LogP contribution < -0.4 is 10.6 Å². The highest BCUT2D eigenvalue weighted by atomic mass is 19.1. The van der Waals surface area contributed by atoms with Crippen LogP contribution in [-0.2, 0) is 4.79 Å². The summed E-state index contributed by atoms with van der Waals surface area (Å²) < 4.78 is 13.3. The summed E-state index contributed by atoms with van der Waals surface area (Å²) in [5.74, 6) is -1.61. The lowest BCUT2D eigenvalue weighted by molar-refractivity contribution is -0.139. The number of benzene rings is 1. The lowest BCUT2D eigenvalue weighted by Gasteiger charge is -2.13. The van der Waals surface area contributed by atoms with Gasteiger partial charge in [-0.3, -0.25) is 0 Å². The molecule has 0 aromatic heterocycles. The Kier molecular flexibility index (Phi) is 5.05. The summed E-state index contributed by atoms with van der Waals surface area (Å²) >= 11 is 0. The van der Waals surface area contributed by atoms with Gasteiger partial charge in [0.25, 0.3) is 0 Å². The standard InChI is InChI=1S/C13H15FN2O3/c1-3-4-11(12(17)18)16-13(19)15-9-6-5-8(2)10(14)7-9/h3,5-7,11H,1,4H2,2H3,(H,17,18)(H2,15,16,19). The molecule has 5 nitrogen and oxygen atoms in total. The molecule has 0 radical (unpaired) electrons. The maximum absolute atomic E-state index is 13.3. The van der Waals surface area contributed by atoms with E-state index >= 15 is 0 Å². The predicted octanol–water partition coefficient (Wildman–Crippen LogP) is 2.28. The number of aliphatic carboxylic acids is 1. The highest BCUT2D eigenvalue weighted by Gasteiger charge is 2.18. The molecule has 1 rings (SSSR count). The Morgan fingerprint density at radius 3 is 2.74 bits per heavy atom. The molecule has 1 atom stereocenters. The number of nitrogens with one attached hydrogen (secondary N) is 2. The largest absolute Gasteiger partial charge is 0.480 e. The van der Waals surface area contributed by atoms with E-state index in [0.717, 1.165) is 6.07 Å². The van der Waals surface area contributed by atoms with Gasteiger partial charge in [-0.1, -0.05) is 12.1 Å². The maximum Gasteiger partial charge on any atom is 0.326 e. The number of anilines is 1. The van der Waals surface area contributed by atoms with Crippen LogP contribution >= 0.6 is 0 Å². The summed E-state index contributed by atoms with van der Waals surface area (Å²) in [7, 11) is 0. The molecule has 0 aliphatic carbocycles. The average molecular weight is 266 g/mol. The molecule has 1 unspecified atom stereocenters. The number of urea groups is 1. The van der Waals surface area contributed by atoms with Crippen molar-refractivity contribution in [3.05, 3.63) is 42.2 Å². The van der Waals surface area contributed by atoms with Gasteiger partial charge in [0, 0.05) is 5.69 Å². The third-order valence-electron chi connectivity index (χ3n) is 2.44. The Bertz CT molecular complexity index is 503. The lowest BCUT2D eigenvalue weighted by Crippen LogP contribution is -2.42. The fraction of sp³-hybridized carbons (Fsp3) is 0.231. The van der Waals surface area contributed by atoms with Crippen LogP contribution in [0.25, 0.3) is 0 Å². The molecule has 0 aliphatic heterocycles. The quantitative estimate of drug-likeness (QED) is 0.715. The fourth-order valence-electron chi connectivity index (χ4n) is 1.38. The minimum Gasteiger partial charge on any atom is -0.480 e. The molecule has 0 heterocycles. The van der Waals surface area contributed by atoms with E-state index in [1.807, 2.05) is 0 Å². The van der Waals surface area contributed by atoms with Crippen molar-refractivity contribution < 1.29 is 19.1 Å². The van der Waals surface area contributed by atoms with Crippen molar-refractivity contribution in [1.82, 2.24) is 5.32 Å². The number of carboxylic acid groups (broad SMARTS) is 1. The van der Waals surface area contributed by atoms with Gasteiger partial charge in [0.2, 0.25) is 0 Å². The van der Waals surface area contributed by atoms with Crippen LogP contribution in [0, 0.1) is 12.7 Å². The Morgan fingerprint density at radius 2 is 2.21 bits per heavy atom. The first-order chi connectivity index (χ1) is 8.93. The number of aryl methyl sites for hydroxylation is 1.